The van der Waals surface area contributed by atoms with Crippen LogP contribution in [0.25, 0.3) is 0 Å². The molecule has 0 bridgehead atoms. The van der Waals surface area contributed by atoms with Crippen LogP contribution in [0.15, 0.2) is 4.63 Å². The van der Waals surface area contributed by atoms with Crippen molar-refractivity contribution < 1.29 is 9.53 Å². The Morgan fingerprint density at radius 2 is 2.46 bits per heavy atom. The summed E-state index contributed by atoms with van der Waals surface area (Å²) in [5.41, 5.74) is 0.308. The topological polar surface area (TPSA) is 80.0 Å². The minimum atomic E-state index is -0.0692. The third-order valence-electron chi connectivity index (χ3n) is 1.75. The third kappa shape index (κ3) is 1.95. The maximum absolute atomic E-state index is 10.8. The molecule has 0 saturated heterocycles. The van der Waals surface area contributed by atoms with Crippen LogP contribution in [0.5, 0.6) is 0 Å². The molecule has 1 heterocycles. The van der Waals surface area contributed by atoms with Crippen LogP contribution < -0.4 is 4.90 Å². The largest absolute Gasteiger partial charge is 0.358 e. The second kappa shape index (κ2) is 3.87. The predicted octanol–water partition coefficient (Wildman–Crippen LogP) is -0.369. The van der Waals surface area contributed by atoms with Crippen molar-refractivity contribution in [3.05, 3.63) is 16.6 Å². The molecule has 0 aliphatic heterocycles. The number of nitrogens with zero attached hydrogens (tertiary/aromatic N) is 4. The summed E-state index contributed by atoms with van der Waals surface area (Å²) in [6, 6.07) is 1.74. The molecule has 0 unspecified atom stereocenters. The normalized spacial score (nSPS) is 10.3. The van der Waals surface area contributed by atoms with Crippen LogP contribution in [0.3, 0.4) is 0 Å². The minimum absolute atomic E-state index is 0.0692. The number of hydrogen-bond donors (Lipinski definition) is 0. The first-order valence-electron chi connectivity index (χ1n) is 3.86. The monoisotopic (exact) mass is 182 g/mol. The number of aromatic nitrogens is 2. The van der Waals surface area contributed by atoms with Gasteiger partial charge in [-0.3, -0.25) is 9.53 Å². The lowest BCUT2D eigenvalue weighted by Gasteiger charge is -2.08. The van der Waals surface area contributed by atoms with Crippen LogP contribution in [0.1, 0.15) is 18.3 Å². The molecule has 0 fully saturated rings. The van der Waals surface area contributed by atoms with Crippen LogP contribution >= 0.6 is 0 Å². The molecule has 0 aliphatic carbocycles. The summed E-state index contributed by atoms with van der Waals surface area (Å²) in [5.74, 6) is 0. The standard InChI is InChI=1S/C7H10N4O2/c1-3-10(2)5-6-7(4-8)11(12)13-9-6/h3,5H2,1-2H3. The highest BCUT2D eigenvalue weighted by molar-refractivity contribution is 5.18. The Morgan fingerprint density at radius 3 is 3.00 bits per heavy atom. The molecule has 0 amide bonds. The van der Waals surface area contributed by atoms with Crippen LogP contribution in [0.4, 0.5) is 0 Å². The van der Waals surface area contributed by atoms with E-state index in [9.17, 15) is 5.21 Å². The molecule has 13 heavy (non-hydrogen) atoms. The number of nitriles is 1. The van der Waals surface area contributed by atoms with Gasteiger partial charge in [-0.25, -0.2) is 0 Å². The molecule has 1 rings (SSSR count). The molecule has 6 nitrogen and oxygen atoms in total. The van der Waals surface area contributed by atoms with Crippen molar-refractivity contribution in [2.45, 2.75) is 13.5 Å². The average molecular weight is 182 g/mol. The minimum Gasteiger partial charge on any atom is -0.358 e. The van der Waals surface area contributed by atoms with Crippen molar-refractivity contribution in [3.8, 4) is 6.07 Å². The van der Waals surface area contributed by atoms with Crippen molar-refractivity contribution in [2.24, 2.45) is 0 Å². The fourth-order valence-electron chi connectivity index (χ4n) is 0.852. The second-order valence-corrected chi connectivity index (χ2v) is 2.67. The van der Waals surface area contributed by atoms with E-state index in [0.717, 1.165) is 6.54 Å². The lowest BCUT2D eigenvalue weighted by molar-refractivity contribution is -0.804. The van der Waals surface area contributed by atoms with Gasteiger partial charge in [0.05, 0.1) is 6.54 Å². The van der Waals surface area contributed by atoms with Gasteiger partial charge < -0.3 is 5.21 Å². The highest BCUT2D eigenvalue weighted by Crippen LogP contribution is 2.02. The van der Waals surface area contributed by atoms with Gasteiger partial charge in [0.1, 0.15) is 0 Å². The summed E-state index contributed by atoms with van der Waals surface area (Å²) in [4.78, 5) is 2.04. The Bertz CT molecular complexity index is 328. The lowest BCUT2D eigenvalue weighted by Crippen LogP contribution is -2.27. The van der Waals surface area contributed by atoms with Crippen LogP contribution in [0, 0.1) is 16.5 Å². The van der Waals surface area contributed by atoms with Crippen molar-refractivity contribution in [1.82, 2.24) is 10.1 Å². The van der Waals surface area contributed by atoms with Crippen LogP contribution in [-0.2, 0) is 6.54 Å². The molecule has 0 radical (unpaired) electrons. The summed E-state index contributed by atoms with van der Waals surface area (Å²) in [6.07, 6.45) is 0. The highest BCUT2D eigenvalue weighted by atomic mass is 16.8. The first kappa shape index (κ1) is 9.48. The van der Waals surface area contributed by atoms with Crippen molar-refractivity contribution in [1.29, 1.82) is 5.26 Å². The predicted molar refractivity (Wildman–Crippen MR) is 42.2 cm³/mol. The lowest BCUT2D eigenvalue weighted by atomic mass is 10.3. The van der Waals surface area contributed by atoms with Crippen LogP contribution in [-0.4, -0.2) is 23.6 Å². The van der Waals surface area contributed by atoms with Gasteiger partial charge in [-0.05, 0) is 18.5 Å². The summed E-state index contributed by atoms with van der Waals surface area (Å²) in [7, 11) is 1.87. The van der Waals surface area contributed by atoms with E-state index < -0.39 is 0 Å². The summed E-state index contributed by atoms with van der Waals surface area (Å²) in [6.45, 7) is 3.23. The van der Waals surface area contributed by atoms with E-state index in [4.69, 9.17) is 5.26 Å². The molecule has 0 saturated carbocycles. The summed E-state index contributed by atoms with van der Waals surface area (Å²) < 4.78 is 4.29. The van der Waals surface area contributed by atoms with E-state index in [-0.39, 0.29) is 10.6 Å². The smallest absolute Gasteiger partial charge is 0.299 e. The van der Waals surface area contributed by atoms with Gasteiger partial charge in [0.25, 0.3) is 11.4 Å². The van der Waals surface area contributed by atoms with Crippen molar-refractivity contribution in [2.75, 3.05) is 13.6 Å². The molecule has 1 aromatic rings. The molecule has 1 aromatic heterocycles. The zero-order valence-electron chi connectivity index (χ0n) is 7.52. The molecule has 0 aromatic carbocycles. The fourth-order valence-corrected chi connectivity index (χ4v) is 0.852. The van der Waals surface area contributed by atoms with E-state index in [1.54, 1.807) is 6.07 Å². The zero-order chi connectivity index (χ0) is 9.84. The van der Waals surface area contributed by atoms with Gasteiger partial charge in [-0.2, -0.15) is 5.26 Å². The Morgan fingerprint density at radius 1 is 1.77 bits per heavy atom. The molecule has 6 heteroatoms. The van der Waals surface area contributed by atoms with Gasteiger partial charge in [0.15, 0.2) is 6.07 Å². The van der Waals surface area contributed by atoms with E-state index in [1.165, 1.54) is 0 Å². The Labute approximate surface area is 75.5 Å². The van der Waals surface area contributed by atoms with Gasteiger partial charge in [-0.1, -0.05) is 6.92 Å². The highest BCUT2D eigenvalue weighted by Gasteiger charge is 2.19. The first-order valence-corrected chi connectivity index (χ1v) is 3.86. The maximum atomic E-state index is 10.8. The Balaban J connectivity index is 2.84. The molecule has 0 N–H and O–H groups in total. The molecular formula is C7H10N4O2. The third-order valence-corrected chi connectivity index (χ3v) is 1.75. The van der Waals surface area contributed by atoms with Gasteiger partial charge in [-0.15, -0.1) is 0 Å². The maximum Gasteiger partial charge on any atom is 0.299 e. The van der Waals surface area contributed by atoms with E-state index in [0.29, 0.717) is 12.2 Å². The Hall–Kier alpha value is -1.61. The van der Waals surface area contributed by atoms with E-state index in [1.807, 2.05) is 18.9 Å². The van der Waals surface area contributed by atoms with Gasteiger partial charge in [0, 0.05) is 5.16 Å². The van der Waals surface area contributed by atoms with Crippen LogP contribution in [0.2, 0.25) is 0 Å². The van der Waals surface area contributed by atoms with Crippen molar-refractivity contribution in [3.63, 3.8) is 0 Å². The first-order chi connectivity index (χ1) is 6.19. The van der Waals surface area contributed by atoms with E-state index >= 15 is 0 Å². The summed E-state index contributed by atoms with van der Waals surface area (Å²) in [5, 5.41) is 22.9. The molecule has 70 valence electrons. The quantitative estimate of drug-likeness (QED) is 0.596. The second-order valence-electron chi connectivity index (χ2n) is 2.67. The Kier molecular flexibility index (Phi) is 2.82. The molecule has 0 atom stereocenters. The SMILES string of the molecule is CCN(C)Cc1no[n+]([O-])c1C#N. The van der Waals surface area contributed by atoms with Gasteiger partial charge >= 0.3 is 0 Å². The van der Waals surface area contributed by atoms with Crippen molar-refractivity contribution >= 4 is 0 Å². The molecule has 0 aliphatic rings. The average Bonchev–Trinajstić information content (AvgIpc) is 2.46. The fraction of sp³-hybridized carbons (Fsp3) is 0.571. The van der Waals surface area contributed by atoms with Gasteiger partial charge in [0.2, 0.25) is 0 Å². The number of rotatable bonds is 3. The summed E-state index contributed by atoms with van der Waals surface area (Å²) >= 11 is 0. The molecule has 0 spiro atoms. The van der Waals surface area contributed by atoms with E-state index in [2.05, 4.69) is 9.79 Å². The zero-order valence-corrected chi connectivity index (χ0v) is 7.52. The molecular weight excluding hydrogens is 172 g/mol. The number of hydrogen-bond acceptors (Lipinski definition) is 5.